The number of carboxylic acids is 1. The number of unbranched alkanes of at least 4 members (excludes halogenated alkanes) is 1. The van der Waals surface area contributed by atoms with E-state index in [0.717, 1.165) is 23.1 Å². The van der Waals surface area contributed by atoms with Crippen molar-refractivity contribution in [1.29, 1.82) is 0 Å². The summed E-state index contributed by atoms with van der Waals surface area (Å²) in [6, 6.07) is 6.50. The molecular weight excluding hydrogens is 456 g/mol. The average Bonchev–Trinajstić information content (AvgIpc) is 3.33. The quantitative estimate of drug-likeness (QED) is 0.237. The van der Waals surface area contributed by atoms with Gasteiger partial charge >= 0.3 is 5.97 Å². The molecule has 1 aromatic heterocycles. The van der Waals surface area contributed by atoms with Gasteiger partial charge in [-0.15, -0.1) is 0 Å². The molecule has 1 amide bonds. The van der Waals surface area contributed by atoms with Crippen LogP contribution in [0.4, 0.5) is 5.69 Å². The molecule has 0 radical (unpaired) electrons. The van der Waals surface area contributed by atoms with Crippen molar-refractivity contribution in [2.75, 3.05) is 7.11 Å². The second-order valence-corrected chi connectivity index (χ2v) is 8.57. The molecule has 9 nitrogen and oxygen atoms in total. The lowest BCUT2D eigenvalue weighted by molar-refractivity contribution is -0.384. The van der Waals surface area contributed by atoms with Crippen LogP contribution >= 0.6 is 24.0 Å². The Morgan fingerprint density at radius 1 is 1.41 bits per heavy atom. The SMILES string of the molecule is CCCCC(C(=O)O)N1C(=O)/C(=C/c2ccc(-c3ccc(OC)cc3[N+](=O)[O-])o2)SC1=S. The Labute approximate surface area is 193 Å². The third-order valence-electron chi connectivity index (χ3n) is 4.82. The zero-order valence-corrected chi connectivity index (χ0v) is 18.9. The lowest BCUT2D eigenvalue weighted by Gasteiger charge is -2.22. The number of nitrogens with zero attached hydrogens (tertiary/aromatic N) is 2. The third kappa shape index (κ3) is 4.83. The zero-order chi connectivity index (χ0) is 23.4. The van der Waals surface area contributed by atoms with Gasteiger partial charge in [0.05, 0.1) is 28.6 Å². The lowest BCUT2D eigenvalue weighted by Crippen LogP contribution is -2.43. The van der Waals surface area contributed by atoms with Crippen LogP contribution in [0.25, 0.3) is 17.4 Å². The van der Waals surface area contributed by atoms with E-state index >= 15 is 0 Å². The van der Waals surface area contributed by atoms with Crippen LogP contribution in [-0.4, -0.2) is 44.3 Å². The first-order valence-corrected chi connectivity index (χ1v) is 10.9. The number of aliphatic carboxylic acids is 1. The molecule has 2 aromatic rings. The number of carbonyl (C=O) groups is 2. The number of carboxylic acid groups (broad SMARTS) is 1. The van der Waals surface area contributed by atoms with Crippen molar-refractivity contribution in [1.82, 2.24) is 4.90 Å². The number of hydrogen-bond acceptors (Lipinski definition) is 8. The Morgan fingerprint density at radius 3 is 2.78 bits per heavy atom. The number of furan rings is 1. The van der Waals surface area contributed by atoms with Crippen molar-refractivity contribution in [2.45, 2.75) is 32.2 Å². The molecule has 0 spiro atoms. The highest BCUT2D eigenvalue weighted by Crippen LogP contribution is 2.37. The minimum absolute atomic E-state index is 0.169. The van der Waals surface area contributed by atoms with Crippen LogP contribution in [0.15, 0.2) is 39.7 Å². The summed E-state index contributed by atoms with van der Waals surface area (Å²) in [6.07, 6.45) is 3.20. The molecule has 1 N–H and O–H groups in total. The maximum Gasteiger partial charge on any atom is 0.326 e. The van der Waals surface area contributed by atoms with Crippen LogP contribution in [-0.2, 0) is 9.59 Å². The minimum atomic E-state index is -1.11. The molecular formula is C21H20N2O7S2. The monoisotopic (exact) mass is 476 g/mol. The number of hydrogen-bond donors (Lipinski definition) is 1. The highest BCUT2D eigenvalue weighted by Gasteiger charge is 2.40. The predicted molar refractivity (Wildman–Crippen MR) is 123 cm³/mol. The summed E-state index contributed by atoms with van der Waals surface area (Å²) in [6.45, 7) is 1.94. The van der Waals surface area contributed by atoms with Gasteiger partial charge in [0.25, 0.3) is 11.6 Å². The Bertz CT molecular complexity index is 1110. The summed E-state index contributed by atoms with van der Waals surface area (Å²) in [5.41, 5.74) is 0.0744. The van der Waals surface area contributed by atoms with E-state index in [1.165, 1.54) is 25.3 Å². The first-order valence-electron chi connectivity index (χ1n) is 9.69. The van der Waals surface area contributed by atoms with Crippen LogP contribution in [0.2, 0.25) is 0 Å². The first-order chi connectivity index (χ1) is 15.3. The van der Waals surface area contributed by atoms with Crippen molar-refractivity contribution < 1.29 is 28.8 Å². The predicted octanol–water partition coefficient (Wildman–Crippen LogP) is 4.71. The van der Waals surface area contributed by atoms with Gasteiger partial charge in [-0.25, -0.2) is 4.79 Å². The molecule has 1 aliphatic heterocycles. The fourth-order valence-corrected chi connectivity index (χ4v) is 4.55. The minimum Gasteiger partial charge on any atom is -0.497 e. The second-order valence-electron chi connectivity index (χ2n) is 6.89. The summed E-state index contributed by atoms with van der Waals surface area (Å²) in [5.74, 6) is -0.745. The summed E-state index contributed by atoms with van der Waals surface area (Å²) in [4.78, 5) is 36.8. The standard InChI is InChI=1S/C21H20N2O7S2/c1-3-4-5-15(20(25)26)22-19(24)18(32-21(22)31)11-13-7-9-17(30-13)14-8-6-12(29-2)10-16(14)23(27)28/h6-11,15H,3-5H2,1-2H3,(H,25,26)/b18-11-. The van der Waals surface area contributed by atoms with E-state index in [-0.39, 0.29) is 32.0 Å². The number of nitro groups is 1. The van der Waals surface area contributed by atoms with Crippen molar-refractivity contribution in [3.8, 4) is 17.1 Å². The maximum atomic E-state index is 12.9. The van der Waals surface area contributed by atoms with Gasteiger partial charge in [0.2, 0.25) is 0 Å². The summed E-state index contributed by atoms with van der Waals surface area (Å²) in [5, 5.41) is 21.0. The van der Waals surface area contributed by atoms with Gasteiger partial charge in [-0.1, -0.05) is 43.7 Å². The van der Waals surface area contributed by atoms with E-state index in [0.29, 0.717) is 18.6 Å². The van der Waals surface area contributed by atoms with E-state index in [1.807, 2.05) is 6.92 Å². The fourth-order valence-electron chi connectivity index (χ4n) is 3.21. The van der Waals surface area contributed by atoms with Crippen molar-refractivity contribution in [3.05, 3.63) is 51.1 Å². The van der Waals surface area contributed by atoms with E-state index < -0.39 is 22.8 Å². The number of ether oxygens (including phenoxy) is 1. The Kier molecular flexibility index (Phi) is 7.31. The smallest absolute Gasteiger partial charge is 0.326 e. The number of thiocarbonyl (C=S) groups is 1. The molecule has 168 valence electrons. The van der Waals surface area contributed by atoms with Gasteiger partial charge in [-0.2, -0.15) is 0 Å². The molecule has 1 saturated heterocycles. The van der Waals surface area contributed by atoms with Gasteiger partial charge in [-0.3, -0.25) is 19.8 Å². The molecule has 0 saturated carbocycles. The fraction of sp³-hybridized carbons (Fsp3) is 0.286. The lowest BCUT2D eigenvalue weighted by atomic mass is 10.1. The molecule has 0 aliphatic carbocycles. The molecule has 0 bridgehead atoms. The number of nitro benzene ring substituents is 1. The maximum absolute atomic E-state index is 12.9. The molecule has 3 rings (SSSR count). The van der Waals surface area contributed by atoms with E-state index in [9.17, 15) is 24.8 Å². The molecule has 1 aliphatic rings. The van der Waals surface area contributed by atoms with Gasteiger partial charge < -0.3 is 14.3 Å². The van der Waals surface area contributed by atoms with E-state index in [1.54, 1.807) is 18.2 Å². The van der Waals surface area contributed by atoms with E-state index in [2.05, 4.69) is 0 Å². The average molecular weight is 477 g/mol. The van der Waals surface area contributed by atoms with Crippen molar-refractivity contribution in [3.63, 3.8) is 0 Å². The molecule has 32 heavy (non-hydrogen) atoms. The largest absolute Gasteiger partial charge is 0.497 e. The first kappa shape index (κ1) is 23.5. The molecule has 1 aromatic carbocycles. The van der Waals surface area contributed by atoms with Crippen molar-refractivity contribution in [2.24, 2.45) is 0 Å². The number of benzene rings is 1. The van der Waals surface area contributed by atoms with Crippen LogP contribution in [0, 0.1) is 10.1 Å². The van der Waals surface area contributed by atoms with Gasteiger partial charge in [0, 0.05) is 6.08 Å². The third-order valence-corrected chi connectivity index (χ3v) is 6.15. The van der Waals surface area contributed by atoms with Gasteiger partial charge in [-0.05, 0) is 30.7 Å². The van der Waals surface area contributed by atoms with Crippen LogP contribution in [0.3, 0.4) is 0 Å². The highest BCUT2D eigenvalue weighted by molar-refractivity contribution is 8.26. The molecule has 1 fully saturated rings. The Hall–Kier alpha value is -3.18. The van der Waals surface area contributed by atoms with E-state index in [4.69, 9.17) is 21.4 Å². The van der Waals surface area contributed by atoms with Gasteiger partial charge in [0.1, 0.15) is 27.6 Å². The molecule has 11 heteroatoms. The number of thioether (sulfide) groups is 1. The zero-order valence-electron chi connectivity index (χ0n) is 17.3. The number of methoxy groups -OCH3 is 1. The van der Waals surface area contributed by atoms with Crippen molar-refractivity contribution >= 4 is 51.9 Å². The topological polar surface area (TPSA) is 123 Å². The summed E-state index contributed by atoms with van der Waals surface area (Å²) < 4.78 is 10.9. The number of carbonyl (C=O) groups excluding carboxylic acids is 1. The number of rotatable bonds is 9. The highest BCUT2D eigenvalue weighted by atomic mass is 32.2. The molecule has 1 unspecified atom stereocenters. The summed E-state index contributed by atoms with van der Waals surface area (Å²) >= 11 is 6.25. The second kappa shape index (κ2) is 9.96. The van der Waals surface area contributed by atoms with Crippen LogP contribution in [0.5, 0.6) is 5.75 Å². The molecule has 2 heterocycles. The van der Waals surface area contributed by atoms with Crippen LogP contribution in [0.1, 0.15) is 31.9 Å². The Balaban J connectivity index is 1.89. The van der Waals surface area contributed by atoms with Crippen LogP contribution < -0.4 is 4.74 Å². The number of amides is 1. The Morgan fingerprint density at radius 2 is 2.16 bits per heavy atom. The van der Waals surface area contributed by atoms with Gasteiger partial charge in [0.15, 0.2) is 0 Å². The summed E-state index contributed by atoms with van der Waals surface area (Å²) in [7, 11) is 1.41. The normalized spacial score (nSPS) is 15.9. The molecule has 1 atom stereocenters.